The van der Waals surface area contributed by atoms with E-state index < -0.39 is 11.7 Å². The molecule has 1 aromatic rings. The Kier molecular flexibility index (Phi) is 4.83. The molecule has 1 aliphatic rings. The molecule has 0 bridgehead atoms. The van der Waals surface area contributed by atoms with Gasteiger partial charge in [-0.25, -0.2) is 0 Å². The highest BCUT2D eigenvalue weighted by molar-refractivity contribution is 5.31. The largest absolute Gasteiger partial charge is 0.497 e. The fraction of sp³-hybridized carbons (Fsp3) is 0.625. The highest BCUT2D eigenvalue weighted by Crippen LogP contribution is 2.42. The molecular weight excluding hydrogens is 240 g/mol. The summed E-state index contributed by atoms with van der Waals surface area (Å²) in [7, 11) is 1.64. The van der Waals surface area contributed by atoms with E-state index in [4.69, 9.17) is 9.47 Å². The lowest BCUT2D eigenvalue weighted by atomic mass is 9.78. The van der Waals surface area contributed by atoms with E-state index in [9.17, 15) is 5.11 Å². The van der Waals surface area contributed by atoms with Gasteiger partial charge in [0.15, 0.2) is 0 Å². The molecule has 1 aromatic carbocycles. The number of aliphatic hydroxyl groups excluding tert-OH is 1. The molecule has 1 unspecified atom stereocenters. The molecule has 0 aromatic heterocycles. The van der Waals surface area contributed by atoms with Crippen LogP contribution in [0.5, 0.6) is 5.75 Å². The van der Waals surface area contributed by atoms with Crippen LogP contribution in [0.15, 0.2) is 24.3 Å². The van der Waals surface area contributed by atoms with Crippen LogP contribution in [0.1, 0.15) is 50.7 Å². The fourth-order valence-electron chi connectivity index (χ4n) is 3.05. The molecule has 0 heterocycles. The summed E-state index contributed by atoms with van der Waals surface area (Å²) in [5, 5.41) is 10.8. The Hall–Kier alpha value is -1.06. The van der Waals surface area contributed by atoms with Crippen molar-refractivity contribution in [3.05, 3.63) is 29.8 Å². The smallest absolute Gasteiger partial charge is 0.119 e. The SMILES string of the molecule is CCOC1(C(O)c2cccc(OC)c2)CCCCC1. The minimum absolute atomic E-state index is 0.417. The zero-order valence-electron chi connectivity index (χ0n) is 11.9. The summed E-state index contributed by atoms with van der Waals surface area (Å²) in [4.78, 5) is 0. The van der Waals surface area contributed by atoms with Crippen molar-refractivity contribution in [1.82, 2.24) is 0 Å². The van der Waals surface area contributed by atoms with Gasteiger partial charge in [-0.1, -0.05) is 31.4 Å². The maximum absolute atomic E-state index is 10.8. The summed E-state index contributed by atoms with van der Waals surface area (Å²) in [6.07, 6.45) is 4.77. The van der Waals surface area contributed by atoms with Crippen molar-refractivity contribution < 1.29 is 14.6 Å². The summed E-state index contributed by atoms with van der Waals surface area (Å²) in [5.41, 5.74) is 0.467. The molecule has 106 valence electrons. The first-order valence-electron chi connectivity index (χ1n) is 7.18. The zero-order chi connectivity index (χ0) is 13.7. The first-order valence-corrected chi connectivity index (χ1v) is 7.18. The number of hydrogen-bond donors (Lipinski definition) is 1. The van der Waals surface area contributed by atoms with Gasteiger partial charge in [-0.05, 0) is 37.5 Å². The third kappa shape index (κ3) is 3.10. The Morgan fingerprint density at radius 3 is 2.63 bits per heavy atom. The molecule has 0 radical (unpaired) electrons. The lowest BCUT2D eigenvalue weighted by Crippen LogP contribution is -2.41. The minimum atomic E-state index is -0.581. The summed E-state index contributed by atoms with van der Waals surface area (Å²) >= 11 is 0. The molecule has 0 saturated heterocycles. The lowest BCUT2D eigenvalue weighted by Gasteiger charge is -2.41. The van der Waals surface area contributed by atoms with Crippen molar-refractivity contribution in [1.29, 1.82) is 0 Å². The molecule has 1 atom stereocenters. The molecule has 0 amide bonds. The molecule has 1 fully saturated rings. The van der Waals surface area contributed by atoms with Gasteiger partial charge in [0.05, 0.1) is 12.7 Å². The number of hydrogen-bond acceptors (Lipinski definition) is 3. The van der Waals surface area contributed by atoms with Gasteiger partial charge in [0, 0.05) is 6.61 Å². The summed E-state index contributed by atoms with van der Waals surface area (Å²) in [6, 6.07) is 7.66. The van der Waals surface area contributed by atoms with Gasteiger partial charge >= 0.3 is 0 Å². The number of rotatable bonds is 5. The molecule has 0 spiro atoms. The van der Waals surface area contributed by atoms with Crippen molar-refractivity contribution >= 4 is 0 Å². The second-order valence-corrected chi connectivity index (χ2v) is 5.24. The van der Waals surface area contributed by atoms with Crippen molar-refractivity contribution in [2.45, 2.75) is 50.7 Å². The fourth-order valence-corrected chi connectivity index (χ4v) is 3.05. The van der Waals surface area contributed by atoms with Crippen LogP contribution < -0.4 is 4.74 Å². The van der Waals surface area contributed by atoms with Crippen molar-refractivity contribution in [2.24, 2.45) is 0 Å². The second-order valence-electron chi connectivity index (χ2n) is 5.24. The van der Waals surface area contributed by atoms with Gasteiger partial charge in [-0.3, -0.25) is 0 Å². The monoisotopic (exact) mass is 264 g/mol. The highest BCUT2D eigenvalue weighted by Gasteiger charge is 2.40. The van der Waals surface area contributed by atoms with Crippen LogP contribution in [0, 0.1) is 0 Å². The Bertz CT molecular complexity index is 391. The average Bonchev–Trinajstić information content (AvgIpc) is 2.48. The van der Waals surface area contributed by atoms with Gasteiger partial charge < -0.3 is 14.6 Å². The standard InChI is InChI=1S/C16H24O3/c1-3-19-16(10-5-4-6-11-16)15(17)13-8-7-9-14(12-13)18-2/h7-9,12,15,17H,3-6,10-11H2,1-2H3. The molecule has 1 saturated carbocycles. The Morgan fingerprint density at radius 2 is 2.00 bits per heavy atom. The highest BCUT2D eigenvalue weighted by atomic mass is 16.5. The lowest BCUT2D eigenvalue weighted by molar-refractivity contribution is -0.141. The van der Waals surface area contributed by atoms with Gasteiger partial charge in [0.25, 0.3) is 0 Å². The van der Waals surface area contributed by atoms with Gasteiger partial charge in [0.2, 0.25) is 0 Å². The second kappa shape index (κ2) is 6.40. The Morgan fingerprint density at radius 1 is 1.26 bits per heavy atom. The molecule has 1 N–H and O–H groups in total. The van der Waals surface area contributed by atoms with E-state index in [2.05, 4.69) is 0 Å². The van der Waals surface area contributed by atoms with Crippen LogP contribution in [0.2, 0.25) is 0 Å². The maximum atomic E-state index is 10.8. The number of aliphatic hydroxyl groups is 1. The number of benzene rings is 1. The molecule has 3 nitrogen and oxygen atoms in total. The third-order valence-electron chi connectivity index (χ3n) is 4.04. The minimum Gasteiger partial charge on any atom is -0.497 e. The van der Waals surface area contributed by atoms with E-state index in [1.54, 1.807) is 7.11 Å². The summed E-state index contributed by atoms with van der Waals surface area (Å²) < 4.78 is 11.2. The first kappa shape index (κ1) is 14.4. The van der Waals surface area contributed by atoms with E-state index in [1.165, 1.54) is 6.42 Å². The van der Waals surface area contributed by atoms with E-state index in [0.29, 0.717) is 6.61 Å². The van der Waals surface area contributed by atoms with E-state index >= 15 is 0 Å². The van der Waals surface area contributed by atoms with Gasteiger partial charge in [-0.15, -0.1) is 0 Å². The van der Waals surface area contributed by atoms with Crippen LogP contribution in [0.3, 0.4) is 0 Å². The maximum Gasteiger partial charge on any atom is 0.119 e. The summed E-state index contributed by atoms with van der Waals surface area (Å²) in [5.74, 6) is 0.777. The van der Waals surface area contributed by atoms with E-state index in [-0.39, 0.29) is 0 Å². The van der Waals surface area contributed by atoms with Crippen molar-refractivity contribution in [3.63, 3.8) is 0 Å². The van der Waals surface area contributed by atoms with Crippen LogP contribution in [0.4, 0.5) is 0 Å². The van der Waals surface area contributed by atoms with E-state index in [0.717, 1.165) is 37.0 Å². The Labute approximate surface area is 115 Å². The van der Waals surface area contributed by atoms with Crippen molar-refractivity contribution in [2.75, 3.05) is 13.7 Å². The predicted octanol–water partition coefficient (Wildman–Crippen LogP) is 3.47. The van der Waals surface area contributed by atoms with E-state index in [1.807, 2.05) is 31.2 Å². The van der Waals surface area contributed by atoms with Crippen molar-refractivity contribution in [3.8, 4) is 5.75 Å². The number of ether oxygens (including phenoxy) is 2. The topological polar surface area (TPSA) is 38.7 Å². The molecule has 1 aliphatic carbocycles. The van der Waals surface area contributed by atoms with Crippen LogP contribution >= 0.6 is 0 Å². The molecule has 3 heteroatoms. The molecule has 19 heavy (non-hydrogen) atoms. The van der Waals surface area contributed by atoms with Gasteiger partial charge in [0.1, 0.15) is 11.9 Å². The van der Waals surface area contributed by atoms with Crippen LogP contribution in [-0.2, 0) is 4.74 Å². The first-order chi connectivity index (χ1) is 9.22. The summed E-state index contributed by atoms with van der Waals surface area (Å²) in [6.45, 7) is 2.63. The number of methoxy groups -OCH3 is 1. The quantitative estimate of drug-likeness (QED) is 0.885. The Balaban J connectivity index is 2.24. The average molecular weight is 264 g/mol. The predicted molar refractivity (Wildman–Crippen MR) is 75.4 cm³/mol. The normalized spacial score (nSPS) is 19.9. The molecule has 2 rings (SSSR count). The molecular formula is C16H24O3. The van der Waals surface area contributed by atoms with Crippen LogP contribution in [-0.4, -0.2) is 24.4 Å². The van der Waals surface area contributed by atoms with Gasteiger partial charge in [-0.2, -0.15) is 0 Å². The zero-order valence-corrected chi connectivity index (χ0v) is 11.9. The van der Waals surface area contributed by atoms with Crippen LogP contribution in [0.25, 0.3) is 0 Å². The third-order valence-corrected chi connectivity index (χ3v) is 4.04. The molecule has 0 aliphatic heterocycles.